The van der Waals surface area contributed by atoms with Crippen LogP contribution in [0, 0.1) is 0 Å². The number of hydrogen-bond donors (Lipinski definition) is 1. The highest BCUT2D eigenvalue weighted by atomic mass is 15.1. The second kappa shape index (κ2) is 4.63. The van der Waals surface area contributed by atoms with Crippen LogP contribution in [0.2, 0.25) is 0 Å². The maximum absolute atomic E-state index is 4.24. The maximum atomic E-state index is 4.24. The molecule has 3 heterocycles. The Morgan fingerprint density at radius 3 is 3.24 bits per heavy atom. The van der Waals surface area contributed by atoms with Crippen molar-refractivity contribution in [1.82, 2.24) is 25.1 Å². The van der Waals surface area contributed by atoms with Gasteiger partial charge in [0.1, 0.15) is 0 Å². The van der Waals surface area contributed by atoms with E-state index >= 15 is 0 Å². The summed E-state index contributed by atoms with van der Waals surface area (Å²) in [5.41, 5.74) is 2.21. The van der Waals surface area contributed by atoms with Crippen molar-refractivity contribution in [1.29, 1.82) is 0 Å². The number of hydrogen-bond acceptors (Lipinski definition) is 4. The third-order valence-corrected chi connectivity index (χ3v) is 3.12. The van der Waals surface area contributed by atoms with Crippen LogP contribution in [-0.4, -0.2) is 26.3 Å². The molecule has 0 amide bonds. The van der Waals surface area contributed by atoms with Crippen LogP contribution in [0.15, 0.2) is 30.9 Å². The monoisotopic (exact) mass is 229 g/mol. The molecule has 0 spiro atoms. The summed E-state index contributed by atoms with van der Waals surface area (Å²) in [5.74, 6) is 0. The van der Waals surface area contributed by atoms with Gasteiger partial charge in [-0.1, -0.05) is 0 Å². The van der Waals surface area contributed by atoms with Gasteiger partial charge in [-0.25, -0.2) is 4.98 Å². The van der Waals surface area contributed by atoms with Crippen LogP contribution in [0.3, 0.4) is 0 Å². The fraction of sp³-hybridized carbons (Fsp3) is 0.417. The lowest BCUT2D eigenvalue weighted by Gasteiger charge is -2.13. The number of nitrogens with one attached hydrogen (secondary N) is 1. The topological polar surface area (TPSA) is 55.6 Å². The van der Waals surface area contributed by atoms with Gasteiger partial charge in [0, 0.05) is 18.4 Å². The van der Waals surface area contributed by atoms with Crippen LogP contribution in [-0.2, 0) is 6.54 Å². The van der Waals surface area contributed by atoms with Crippen LogP contribution in [0.25, 0.3) is 0 Å². The molecule has 1 fully saturated rings. The third-order valence-electron chi connectivity index (χ3n) is 3.12. The molecule has 2 aromatic heterocycles. The first kappa shape index (κ1) is 10.4. The predicted molar refractivity (Wildman–Crippen MR) is 63.3 cm³/mol. The summed E-state index contributed by atoms with van der Waals surface area (Å²) in [6.07, 6.45) is 7.92. The van der Waals surface area contributed by atoms with Crippen molar-refractivity contribution >= 4 is 0 Å². The number of imidazole rings is 1. The Morgan fingerprint density at radius 1 is 1.47 bits per heavy atom. The molecule has 0 bridgehead atoms. The largest absolute Gasteiger partial charge is 0.327 e. The molecule has 88 valence electrons. The molecule has 5 nitrogen and oxygen atoms in total. The standard InChI is InChI=1S/C12H15N5/c1-3-10(16-15-6-1)8-17-9-13-7-12(17)11-4-2-5-14-11/h1,3,6-7,9,11,14H,2,4-5,8H2/t11-/m0/s1. The van der Waals surface area contributed by atoms with Crippen LogP contribution in [0.4, 0.5) is 0 Å². The van der Waals surface area contributed by atoms with E-state index < -0.39 is 0 Å². The van der Waals surface area contributed by atoms with E-state index in [0.717, 1.165) is 18.8 Å². The smallest absolute Gasteiger partial charge is 0.0952 e. The summed E-state index contributed by atoms with van der Waals surface area (Å²) in [5, 5.41) is 11.5. The first-order valence-corrected chi connectivity index (χ1v) is 5.93. The highest BCUT2D eigenvalue weighted by Gasteiger charge is 2.19. The summed E-state index contributed by atoms with van der Waals surface area (Å²) in [7, 11) is 0. The Kier molecular flexibility index (Phi) is 2.83. The first-order chi connectivity index (χ1) is 8.43. The average Bonchev–Trinajstić information content (AvgIpc) is 3.00. The van der Waals surface area contributed by atoms with Crippen molar-refractivity contribution in [2.75, 3.05) is 6.54 Å². The van der Waals surface area contributed by atoms with E-state index in [0.29, 0.717) is 6.04 Å². The minimum absolute atomic E-state index is 0.439. The highest BCUT2D eigenvalue weighted by Crippen LogP contribution is 2.22. The molecule has 1 atom stereocenters. The molecule has 1 aliphatic rings. The summed E-state index contributed by atoms with van der Waals surface area (Å²) < 4.78 is 2.15. The first-order valence-electron chi connectivity index (χ1n) is 5.93. The summed E-state index contributed by atoms with van der Waals surface area (Å²) >= 11 is 0. The number of nitrogens with zero attached hydrogens (tertiary/aromatic N) is 4. The van der Waals surface area contributed by atoms with Gasteiger partial charge in [-0.05, 0) is 31.5 Å². The van der Waals surface area contributed by atoms with Crippen molar-refractivity contribution < 1.29 is 0 Å². The molecule has 0 aromatic carbocycles. The zero-order chi connectivity index (χ0) is 11.5. The molecule has 0 unspecified atom stereocenters. The minimum Gasteiger partial charge on any atom is -0.327 e. The van der Waals surface area contributed by atoms with Crippen molar-refractivity contribution in [3.63, 3.8) is 0 Å². The van der Waals surface area contributed by atoms with Gasteiger partial charge in [-0.2, -0.15) is 10.2 Å². The Morgan fingerprint density at radius 2 is 2.47 bits per heavy atom. The molecule has 2 aromatic rings. The number of aromatic nitrogens is 4. The van der Waals surface area contributed by atoms with Crippen LogP contribution in [0.1, 0.15) is 30.3 Å². The molecule has 1 saturated heterocycles. The molecule has 1 N–H and O–H groups in total. The van der Waals surface area contributed by atoms with E-state index in [2.05, 4.69) is 25.1 Å². The molecule has 0 saturated carbocycles. The average molecular weight is 229 g/mol. The zero-order valence-corrected chi connectivity index (χ0v) is 9.58. The molecular formula is C12H15N5. The molecule has 5 heteroatoms. The van der Waals surface area contributed by atoms with Crippen molar-refractivity contribution in [3.05, 3.63) is 42.2 Å². The number of rotatable bonds is 3. The van der Waals surface area contributed by atoms with E-state index in [1.807, 2.05) is 24.7 Å². The van der Waals surface area contributed by atoms with Crippen LogP contribution >= 0.6 is 0 Å². The van der Waals surface area contributed by atoms with Gasteiger partial charge in [0.2, 0.25) is 0 Å². The summed E-state index contributed by atoms with van der Waals surface area (Å²) in [4.78, 5) is 4.24. The van der Waals surface area contributed by atoms with Gasteiger partial charge >= 0.3 is 0 Å². The van der Waals surface area contributed by atoms with E-state index in [1.165, 1.54) is 18.5 Å². The highest BCUT2D eigenvalue weighted by molar-refractivity contribution is 5.10. The van der Waals surface area contributed by atoms with E-state index in [-0.39, 0.29) is 0 Å². The Balaban J connectivity index is 1.81. The Bertz CT molecular complexity index is 473. The van der Waals surface area contributed by atoms with Gasteiger partial charge in [0.15, 0.2) is 0 Å². The fourth-order valence-corrected chi connectivity index (χ4v) is 2.28. The van der Waals surface area contributed by atoms with Gasteiger partial charge < -0.3 is 9.88 Å². The molecule has 0 radical (unpaired) electrons. The summed E-state index contributed by atoms with van der Waals surface area (Å²) in [6, 6.07) is 4.33. The lowest BCUT2D eigenvalue weighted by Crippen LogP contribution is -2.17. The SMILES string of the molecule is c1cnnc(Cn2cncc2[C@@H]2CCCN2)c1. The molecule has 17 heavy (non-hydrogen) atoms. The van der Waals surface area contributed by atoms with Gasteiger partial charge in [0.25, 0.3) is 0 Å². The molecule has 3 rings (SSSR count). The normalized spacial score (nSPS) is 19.6. The minimum atomic E-state index is 0.439. The van der Waals surface area contributed by atoms with Crippen molar-refractivity contribution in [3.8, 4) is 0 Å². The van der Waals surface area contributed by atoms with E-state index in [1.54, 1.807) is 6.20 Å². The fourth-order valence-electron chi connectivity index (χ4n) is 2.28. The Labute approximate surface area is 99.9 Å². The lowest BCUT2D eigenvalue weighted by atomic mass is 10.2. The van der Waals surface area contributed by atoms with Gasteiger partial charge in [-0.15, -0.1) is 0 Å². The van der Waals surface area contributed by atoms with Gasteiger partial charge in [0.05, 0.1) is 24.3 Å². The van der Waals surface area contributed by atoms with E-state index in [9.17, 15) is 0 Å². The van der Waals surface area contributed by atoms with Gasteiger partial charge in [-0.3, -0.25) is 0 Å². The summed E-state index contributed by atoms with van der Waals surface area (Å²) in [6.45, 7) is 1.84. The van der Waals surface area contributed by atoms with Crippen LogP contribution < -0.4 is 5.32 Å². The second-order valence-electron chi connectivity index (χ2n) is 4.31. The molecule has 1 aliphatic heterocycles. The Hall–Kier alpha value is -1.75. The molecular weight excluding hydrogens is 214 g/mol. The maximum Gasteiger partial charge on any atom is 0.0952 e. The molecule has 0 aliphatic carbocycles. The second-order valence-corrected chi connectivity index (χ2v) is 4.31. The van der Waals surface area contributed by atoms with E-state index in [4.69, 9.17) is 0 Å². The van der Waals surface area contributed by atoms with Crippen molar-refractivity contribution in [2.45, 2.75) is 25.4 Å². The zero-order valence-electron chi connectivity index (χ0n) is 9.58. The lowest BCUT2D eigenvalue weighted by molar-refractivity contribution is 0.579. The predicted octanol–water partition coefficient (Wildman–Crippen LogP) is 1.15. The van der Waals surface area contributed by atoms with Crippen LogP contribution in [0.5, 0.6) is 0 Å². The quantitative estimate of drug-likeness (QED) is 0.857. The third kappa shape index (κ3) is 2.19. The van der Waals surface area contributed by atoms with Crippen molar-refractivity contribution in [2.24, 2.45) is 0 Å².